The Morgan fingerprint density at radius 1 is 1.00 bits per heavy atom. The Bertz CT molecular complexity index is 300. The Hall–Kier alpha value is -0.0800. The maximum atomic E-state index is 6.32. The third kappa shape index (κ3) is 2.85. The molecule has 1 saturated heterocycles. The molecule has 3 unspecified atom stereocenters. The van der Waals surface area contributed by atoms with Gasteiger partial charge in [0.05, 0.1) is 0 Å². The van der Waals surface area contributed by atoms with Crippen LogP contribution in [0.1, 0.15) is 71.1 Å². The predicted octanol–water partition coefficient (Wildman–Crippen LogP) is 3.55. The van der Waals surface area contributed by atoms with Crippen molar-refractivity contribution in [3.8, 4) is 0 Å². The van der Waals surface area contributed by atoms with Crippen LogP contribution in [0.15, 0.2) is 0 Å². The van der Waals surface area contributed by atoms with Crippen molar-refractivity contribution in [2.24, 2.45) is 17.6 Å². The lowest BCUT2D eigenvalue weighted by Gasteiger charge is -2.50. The second-order valence-electron chi connectivity index (χ2n) is 7.51. The molecule has 0 aromatic carbocycles. The lowest BCUT2D eigenvalue weighted by Crippen LogP contribution is -2.59. The van der Waals surface area contributed by atoms with Crippen LogP contribution in [0.5, 0.6) is 0 Å². The molecule has 1 heterocycles. The largest absolute Gasteiger partial charge is 0.329 e. The SMILES string of the molecule is CC1CCCCCN1C1(CN)CCCC(C2CC2)C1. The van der Waals surface area contributed by atoms with Crippen molar-refractivity contribution >= 4 is 0 Å². The fourth-order valence-corrected chi connectivity index (χ4v) is 4.90. The van der Waals surface area contributed by atoms with Gasteiger partial charge in [-0.2, -0.15) is 0 Å². The Balaban J connectivity index is 1.75. The molecule has 1 aliphatic heterocycles. The molecule has 3 atom stereocenters. The molecule has 3 rings (SSSR count). The molecule has 2 N–H and O–H groups in total. The molecule has 0 amide bonds. The summed E-state index contributed by atoms with van der Waals surface area (Å²) in [6.07, 6.45) is 14.3. The lowest BCUT2D eigenvalue weighted by molar-refractivity contribution is 0.00514. The molecule has 0 spiro atoms. The standard InChI is InChI=1S/C17H32N2/c1-14-6-3-2-4-11-19(14)17(13-18)10-5-7-16(12-17)15-8-9-15/h14-16H,2-13,18H2,1H3. The van der Waals surface area contributed by atoms with Crippen LogP contribution in [0.4, 0.5) is 0 Å². The molecule has 3 aliphatic rings. The fraction of sp³-hybridized carbons (Fsp3) is 1.00. The number of nitrogens with zero attached hydrogens (tertiary/aromatic N) is 1. The van der Waals surface area contributed by atoms with Gasteiger partial charge >= 0.3 is 0 Å². The van der Waals surface area contributed by atoms with Gasteiger partial charge in [-0.3, -0.25) is 4.90 Å². The van der Waals surface area contributed by atoms with Gasteiger partial charge in [0, 0.05) is 18.1 Å². The van der Waals surface area contributed by atoms with E-state index in [1.807, 2.05) is 0 Å². The van der Waals surface area contributed by atoms with Crippen LogP contribution in [-0.4, -0.2) is 29.6 Å². The third-order valence-electron chi connectivity index (χ3n) is 6.19. The zero-order valence-corrected chi connectivity index (χ0v) is 12.7. The van der Waals surface area contributed by atoms with Gasteiger partial charge < -0.3 is 5.73 Å². The van der Waals surface area contributed by atoms with E-state index in [2.05, 4.69) is 11.8 Å². The molecule has 0 aromatic rings. The first-order chi connectivity index (χ1) is 9.25. The van der Waals surface area contributed by atoms with Crippen LogP contribution in [0.3, 0.4) is 0 Å². The summed E-state index contributed by atoms with van der Waals surface area (Å²) in [6.45, 7) is 4.64. The number of likely N-dealkylation sites (tertiary alicyclic amines) is 1. The van der Waals surface area contributed by atoms with Gasteiger partial charge in [-0.15, -0.1) is 0 Å². The van der Waals surface area contributed by atoms with Crippen LogP contribution in [0, 0.1) is 11.8 Å². The van der Waals surface area contributed by atoms with Crippen molar-refractivity contribution in [3.63, 3.8) is 0 Å². The average Bonchev–Trinajstić information content (AvgIpc) is 3.26. The van der Waals surface area contributed by atoms with Gasteiger partial charge in [-0.05, 0) is 63.8 Å². The molecule has 2 heteroatoms. The minimum atomic E-state index is 0.356. The first kappa shape index (κ1) is 13.9. The molecule has 2 aliphatic carbocycles. The topological polar surface area (TPSA) is 29.3 Å². The van der Waals surface area contributed by atoms with E-state index in [1.165, 1.54) is 70.8 Å². The summed E-state index contributed by atoms with van der Waals surface area (Å²) < 4.78 is 0. The van der Waals surface area contributed by atoms with Gasteiger partial charge in [0.2, 0.25) is 0 Å². The molecule has 19 heavy (non-hydrogen) atoms. The molecule has 0 bridgehead atoms. The molecular weight excluding hydrogens is 232 g/mol. The highest BCUT2D eigenvalue weighted by atomic mass is 15.2. The van der Waals surface area contributed by atoms with Gasteiger partial charge in [-0.1, -0.05) is 25.7 Å². The molecule has 2 saturated carbocycles. The fourth-order valence-electron chi connectivity index (χ4n) is 4.90. The summed E-state index contributed by atoms with van der Waals surface area (Å²) in [5.74, 6) is 2.06. The van der Waals surface area contributed by atoms with Crippen molar-refractivity contribution in [1.29, 1.82) is 0 Å². The van der Waals surface area contributed by atoms with E-state index in [0.29, 0.717) is 5.54 Å². The highest BCUT2D eigenvalue weighted by Crippen LogP contribution is 2.48. The monoisotopic (exact) mass is 264 g/mol. The smallest absolute Gasteiger partial charge is 0.0337 e. The Labute approximate surface area is 119 Å². The zero-order chi connectivity index (χ0) is 13.3. The molecule has 0 radical (unpaired) electrons. The molecule has 110 valence electrons. The minimum absolute atomic E-state index is 0.356. The van der Waals surface area contributed by atoms with Crippen LogP contribution < -0.4 is 5.73 Å². The Kier molecular flexibility index (Phi) is 4.19. The van der Waals surface area contributed by atoms with Gasteiger partial charge in [0.15, 0.2) is 0 Å². The number of rotatable bonds is 3. The first-order valence-electron chi connectivity index (χ1n) is 8.72. The third-order valence-corrected chi connectivity index (χ3v) is 6.19. The average molecular weight is 264 g/mol. The maximum absolute atomic E-state index is 6.32. The second kappa shape index (κ2) is 5.73. The normalized spacial score (nSPS) is 42.0. The summed E-state index contributed by atoms with van der Waals surface area (Å²) in [4.78, 5) is 2.84. The maximum Gasteiger partial charge on any atom is 0.0337 e. The van der Waals surface area contributed by atoms with Crippen molar-refractivity contribution in [1.82, 2.24) is 4.90 Å². The van der Waals surface area contributed by atoms with E-state index in [9.17, 15) is 0 Å². The number of hydrogen-bond donors (Lipinski definition) is 1. The van der Waals surface area contributed by atoms with E-state index in [1.54, 1.807) is 0 Å². The highest BCUT2D eigenvalue weighted by Gasteiger charge is 2.45. The van der Waals surface area contributed by atoms with Crippen molar-refractivity contribution in [3.05, 3.63) is 0 Å². The van der Waals surface area contributed by atoms with E-state index in [0.717, 1.165) is 24.4 Å². The molecule has 3 fully saturated rings. The Morgan fingerprint density at radius 2 is 1.84 bits per heavy atom. The van der Waals surface area contributed by atoms with E-state index < -0.39 is 0 Å². The van der Waals surface area contributed by atoms with Crippen molar-refractivity contribution < 1.29 is 0 Å². The van der Waals surface area contributed by atoms with Crippen LogP contribution in [0.2, 0.25) is 0 Å². The van der Waals surface area contributed by atoms with Crippen LogP contribution >= 0.6 is 0 Å². The van der Waals surface area contributed by atoms with Gasteiger partial charge in [0.25, 0.3) is 0 Å². The van der Waals surface area contributed by atoms with E-state index in [-0.39, 0.29) is 0 Å². The van der Waals surface area contributed by atoms with E-state index >= 15 is 0 Å². The zero-order valence-electron chi connectivity index (χ0n) is 12.7. The van der Waals surface area contributed by atoms with Crippen LogP contribution in [0.25, 0.3) is 0 Å². The summed E-state index contributed by atoms with van der Waals surface area (Å²) in [5, 5.41) is 0. The van der Waals surface area contributed by atoms with Crippen molar-refractivity contribution in [2.75, 3.05) is 13.1 Å². The minimum Gasteiger partial charge on any atom is -0.329 e. The molecular formula is C17H32N2. The highest BCUT2D eigenvalue weighted by molar-refractivity contribution is 5.01. The quantitative estimate of drug-likeness (QED) is 0.844. The number of hydrogen-bond acceptors (Lipinski definition) is 2. The second-order valence-corrected chi connectivity index (χ2v) is 7.51. The summed E-state index contributed by atoms with van der Waals surface area (Å²) in [7, 11) is 0. The van der Waals surface area contributed by atoms with Crippen molar-refractivity contribution in [2.45, 2.75) is 82.7 Å². The van der Waals surface area contributed by atoms with Crippen LogP contribution in [-0.2, 0) is 0 Å². The number of nitrogens with two attached hydrogens (primary N) is 1. The summed E-state index contributed by atoms with van der Waals surface area (Å²) in [6, 6.07) is 0.754. The summed E-state index contributed by atoms with van der Waals surface area (Å²) >= 11 is 0. The van der Waals surface area contributed by atoms with Gasteiger partial charge in [0.1, 0.15) is 0 Å². The molecule has 0 aromatic heterocycles. The Morgan fingerprint density at radius 3 is 2.58 bits per heavy atom. The van der Waals surface area contributed by atoms with Gasteiger partial charge in [-0.25, -0.2) is 0 Å². The first-order valence-corrected chi connectivity index (χ1v) is 8.72. The summed E-state index contributed by atoms with van der Waals surface area (Å²) in [5.41, 5.74) is 6.68. The van der Waals surface area contributed by atoms with E-state index in [4.69, 9.17) is 5.73 Å². The lowest BCUT2D eigenvalue weighted by atomic mass is 9.72. The predicted molar refractivity (Wildman–Crippen MR) is 81.1 cm³/mol. The molecule has 2 nitrogen and oxygen atoms in total.